The zero-order chi connectivity index (χ0) is 19.6. The number of nitrogens with zero attached hydrogens (tertiary/aromatic N) is 3. The first kappa shape index (κ1) is 20.0. The Morgan fingerprint density at radius 1 is 1.00 bits per heavy atom. The fraction of sp³-hybridized carbons (Fsp3) is 0.294. The Hall–Kier alpha value is -1.74. The molecule has 1 aromatic heterocycles. The molecule has 10 heteroatoms. The molecule has 1 aliphatic rings. The molecule has 0 N–H and O–H groups in total. The van der Waals surface area contributed by atoms with E-state index in [0.717, 1.165) is 12.1 Å². The number of hydrogen-bond acceptors (Lipinski definition) is 4. The number of carbonyl (C=O) groups excluding carboxylic acids is 1. The van der Waals surface area contributed by atoms with E-state index < -0.39 is 21.7 Å². The molecule has 2 aromatic rings. The van der Waals surface area contributed by atoms with Crippen molar-refractivity contribution in [3.63, 3.8) is 0 Å². The zero-order valence-electron chi connectivity index (χ0n) is 14.1. The van der Waals surface area contributed by atoms with E-state index in [1.54, 1.807) is 0 Å². The molecule has 1 aromatic carbocycles. The van der Waals surface area contributed by atoms with Crippen LogP contribution in [0.3, 0.4) is 0 Å². The second-order valence-corrected chi connectivity index (χ2v) is 8.70. The SMILES string of the molecule is O=C(c1nc(Cl)ccc1Cl)N1CCCN(S(=O)(=O)c2ccc(F)cc2)CC1. The Morgan fingerprint density at radius 3 is 2.41 bits per heavy atom. The lowest BCUT2D eigenvalue weighted by atomic mass is 10.3. The van der Waals surface area contributed by atoms with Gasteiger partial charge in [-0.2, -0.15) is 4.31 Å². The number of hydrogen-bond donors (Lipinski definition) is 0. The van der Waals surface area contributed by atoms with Crippen molar-refractivity contribution in [1.29, 1.82) is 0 Å². The largest absolute Gasteiger partial charge is 0.336 e. The van der Waals surface area contributed by atoms with Gasteiger partial charge in [0, 0.05) is 26.2 Å². The van der Waals surface area contributed by atoms with Crippen LogP contribution >= 0.6 is 23.2 Å². The third kappa shape index (κ3) is 4.40. The lowest BCUT2D eigenvalue weighted by molar-refractivity contribution is 0.0758. The summed E-state index contributed by atoms with van der Waals surface area (Å²) in [5.41, 5.74) is 0.0407. The van der Waals surface area contributed by atoms with Crippen LogP contribution in [0, 0.1) is 5.82 Å². The molecule has 3 rings (SSSR count). The van der Waals surface area contributed by atoms with Gasteiger partial charge in [-0.25, -0.2) is 17.8 Å². The normalized spacial score (nSPS) is 16.2. The summed E-state index contributed by atoms with van der Waals surface area (Å²) < 4.78 is 39.8. The van der Waals surface area contributed by atoms with E-state index in [0.29, 0.717) is 13.0 Å². The predicted octanol–water partition coefficient (Wildman–Crippen LogP) is 3.06. The summed E-state index contributed by atoms with van der Waals surface area (Å²) in [4.78, 5) is 18.2. The fourth-order valence-corrected chi connectivity index (χ4v) is 4.61. The molecule has 0 saturated carbocycles. The average molecular weight is 432 g/mol. The average Bonchev–Trinajstić information content (AvgIpc) is 2.90. The van der Waals surface area contributed by atoms with Gasteiger partial charge in [-0.1, -0.05) is 23.2 Å². The Labute approximate surface area is 166 Å². The van der Waals surface area contributed by atoms with Crippen molar-refractivity contribution in [2.24, 2.45) is 0 Å². The minimum Gasteiger partial charge on any atom is -0.336 e. The van der Waals surface area contributed by atoms with Crippen LogP contribution in [0.25, 0.3) is 0 Å². The van der Waals surface area contributed by atoms with Gasteiger partial charge in [-0.15, -0.1) is 0 Å². The molecule has 27 heavy (non-hydrogen) atoms. The minimum atomic E-state index is -3.76. The van der Waals surface area contributed by atoms with E-state index in [9.17, 15) is 17.6 Å². The van der Waals surface area contributed by atoms with Crippen molar-refractivity contribution >= 4 is 39.1 Å². The number of sulfonamides is 1. The van der Waals surface area contributed by atoms with E-state index >= 15 is 0 Å². The predicted molar refractivity (Wildman–Crippen MR) is 99.9 cm³/mol. The molecule has 0 bridgehead atoms. The quantitative estimate of drug-likeness (QED) is 0.700. The van der Waals surface area contributed by atoms with Crippen LogP contribution in [0.15, 0.2) is 41.3 Å². The maximum absolute atomic E-state index is 13.1. The van der Waals surface area contributed by atoms with E-state index in [-0.39, 0.29) is 40.4 Å². The van der Waals surface area contributed by atoms with Crippen LogP contribution in [0.1, 0.15) is 16.9 Å². The van der Waals surface area contributed by atoms with Gasteiger partial charge in [0.05, 0.1) is 9.92 Å². The molecule has 1 aliphatic heterocycles. The van der Waals surface area contributed by atoms with Crippen molar-refractivity contribution in [2.45, 2.75) is 11.3 Å². The Morgan fingerprint density at radius 2 is 1.70 bits per heavy atom. The second kappa shape index (κ2) is 8.10. The van der Waals surface area contributed by atoms with E-state index in [1.165, 1.54) is 33.5 Å². The Balaban J connectivity index is 1.76. The molecule has 0 atom stereocenters. The fourth-order valence-electron chi connectivity index (χ4n) is 2.81. The Bertz CT molecular complexity index is 954. The zero-order valence-corrected chi connectivity index (χ0v) is 16.4. The number of benzene rings is 1. The molecule has 2 heterocycles. The number of aromatic nitrogens is 1. The first-order valence-electron chi connectivity index (χ1n) is 8.16. The van der Waals surface area contributed by atoms with Crippen molar-refractivity contribution in [2.75, 3.05) is 26.2 Å². The standard InChI is InChI=1S/C17H16Cl2FN3O3S/c18-14-6-7-15(19)21-16(14)17(24)22-8-1-9-23(11-10-22)27(25,26)13-4-2-12(20)3-5-13/h2-7H,1,8-11H2. The summed E-state index contributed by atoms with van der Waals surface area (Å²) in [5.74, 6) is -0.906. The first-order chi connectivity index (χ1) is 12.8. The maximum atomic E-state index is 13.1. The molecular formula is C17H16Cl2FN3O3S. The monoisotopic (exact) mass is 431 g/mol. The summed E-state index contributed by atoms with van der Waals surface area (Å²) in [6.45, 7) is 0.909. The lowest BCUT2D eigenvalue weighted by Crippen LogP contribution is -2.37. The summed E-state index contributed by atoms with van der Waals surface area (Å²) in [6, 6.07) is 7.65. The van der Waals surface area contributed by atoms with Crippen LogP contribution in [0.2, 0.25) is 10.2 Å². The van der Waals surface area contributed by atoms with Gasteiger partial charge in [-0.05, 0) is 42.8 Å². The molecule has 1 amide bonds. The third-order valence-electron chi connectivity index (χ3n) is 4.21. The van der Waals surface area contributed by atoms with Crippen LogP contribution in [-0.2, 0) is 10.0 Å². The molecule has 0 radical (unpaired) electrons. The van der Waals surface area contributed by atoms with Crippen molar-refractivity contribution in [3.05, 3.63) is 58.1 Å². The second-order valence-electron chi connectivity index (χ2n) is 5.97. The van der Waals surface area contributed by atoms with Crippen molar-refractivity contribution in [1.82, 2.24) is 14.2 Å². The lowest BCUT2D eigenvalue weighted by Gasteiger charge is -2.22. The molecule has 1 saturated heterocycles. The molecule has 0 aliphatic carbocycles. The number of halogens is 3. The van der Waals surface area contributed by atoms with Gasteiger partial charge < -0.3 is 4.90 Å². The van der Waals surface area contributed by atoms with E-state index in [1.807, 2.05) is 0 Å². The first-order valence-corrected chi connectivity index (χ1v) is 10.4. The van der Waals surface area contributed by atoms with E-state index in [2.05, 4.69) is 4.98 Å². The highest BCUT2D eigenvalue weighted by molar-refractivity contribution is 7.89. The van der Waals surface area contributed by atoms with Crippen molar-refractivity contribution in [3.8, 4) is 0 Å². The minimum absolute atomic E-state index is 0.0169. The number of carbonyl (C=O) groups is 1. The van der Waals surface area contributed by atoms with Gasteiger partial charge in [0.1, 0.15) is 16.7 Å². The van der Waals surface area contributed by atoms with Crippen LogP contribution < -0.4 is 0 Å². The van der Waals surface area contributed by atoms with Gasteiger partial charge in [0.2, 0.25) is 10.0 Å². The smallest absolute Gasteiger partial charge is 0.274 e. The van der Waals surface area contributed by atoms with E-state index in [4.69, 9.17) is 23.2 Å². The maximum Gasteiger partial charge on any atom is 0.274 e. The third-order valence-corrected chi connectivity index (χ3v) is 6.64. The summed E-state index contributed by atoms with van der Waals surface area (Å²) in [7, 11) is -3.76. The number of rotatable bonds is 3. The molecule has 144 valence electrons. The molecule has 1 fully saturated rings. The van der Waals surface area contributed by atoms with Gasteiger partial charge in [0.15, 0.2) is 0 Å². The summed E-state index contributed by atoms with van der Waals surface area (Å²) >= 11 is 11.9. The van der Waals surface area contributed by atoms with Crippen molar-refractivity contribution < 1.29 is 17.6 Å². The number of pyridine rings is 1. The summed E-state index contributed by atoms with van der Waals surface area (Å²) in [5, 5.41) is 0.336. The Kier molecular flexibility index (Phi) is 6.00. The molecule has 0 unspecified atom stereocenters. The summed E-state index contributed by atoms with van der Waals surface area (Å²) in [6.07, 6.45) is 0.449. The number of amides is 1. The van der Waals surface area contributed by atoms with Crippen LogP contribution in [-0.4, -0.2) is 54.7 Å². The molecule has 0 spiro atoms. The van der Waals surface area contributed by atoms with Gasteiger partial charge >= 0.3 is 0 Å². The van der Waals surface area contributed by atoms with Crippen LogP contribution in [0.4, 0.5) is 4.39 Å². The van der Waals surface area contributed by atoms with Gasteiger partial charge in [-0.3, -0.25) is 4.79 Å². The highest BCUT2D eigenvalue weighted by Gasteiger charge is 2.29. The molecule has 6 nitrogen and oxygen atoms in total. The highest BCUT2D eigenvalue weighted by atomic mass is 35.5. The highest BCUT2D eigenvalue weighted by Crippen LogP contribution is 2.21. The van der Waals surface area contributed by atoms with Crippen LogP contribution in [0.5, 0.6) is 0 Å². The topological polar surface area (TPSA) is 70.6 Å². The van der Waals surface area contributed by atoms with Gasteiger partial charge in [0.25, 0.3) is 5.91 Å². The molecular weight excluding hydrogens is 416 g/mol.